The monoisotopic (exact) mass is 191 g/mol. The van der Waals surface area contributed by atoms with Crippen molar-refractivity contribution in [3.05, 3.63) is 0 Å². The summed E-state index contributed by atoms with van der Waals surface area (Å²) in [6.45, 7) is 3.84. The van der Waals surface area contributed by atoms with Crippen LogP contribution in [0.1, 0.15) is 13.8 Å². The van der Waals surface area contributed by atoms with E-state index in [9.17, 15) is 4.79 Å². The lowest BCUT2D eigenvalue weighted by Gasteiger charge is -2.12. The maximum atomic E-state index is 10.9. The molecule has 5 nitrogen and oxygen atoms in total. The van der Waals surface area contributed by atoms with Crippen LogP contribution in [0.15, 0.2) is 0 Å². The summed E-state index contributed by atoms with van der Waals surface area (Å²) in [5.41, 5.74) is 0. The minimum absolute atomic E-state index is 0.138. The van der Waals surface area contributed by atoms with Gasteiger partial charge in [0.25, 0.3) is 0 Å². The van der Waals surface area contributed by atoms with E-state index in [2.05, 4.69) is 10.1 Å². The zero-order valence-electron chi connectivity index (χ0n) is 8.24. The number of carbonyl (C=O) groups excluding carboxylic acids is 1. The number of carbonyl (C=O) groups is 1. The van der Waals surface area contributed by atoms with Crippen molar-refractivity contribution in [3.63, 3.8) is 0 Å². The quantitative estimate of drug-likeness (QED) is 0.648. The first-order valence-electron chi connectivity index (χ1n) is 4.17. The van der Waals surface area contributed by atoms with Crippen molar-refractivity contribution in [3.8, 4) is 0 Å². The molecule has 0 saturated carbocycles. The molecule has 0 rings (SSSR count). The van der Waals surface area contributed by atoms with Gasteiger partial charge in [-0.25, -0.2) is 4.79 Å². The molecular weight excluding hydrogens is 174 g/mol. The second kappa shape index (κ2) is 6.68. The van der Waals surface area contributed by atoms with Gasteiger partial charge in [-0.05, 0) is 13.8 Å². The Balaban J connectivity index is 3.46. The Labute approximate surface area is 78.0 Å². The molecule has 0 aliphatic carbocycles. The van der Waals surface area contributed by atoms with E-state index in [1.165, 1.54) is 7.11 Å². The van der Waals surface area contributed by atoms with Gasteiger partial charge in [-0.1, -0.05) is 0 Å². The molecule has 0 aromatic rings. The fourth-order valence-electron chi connectivity index (χ4n) is 0.708. The summed E-state index contributed by atoms with van der Waals surface area (Å²) < 4.78 is 9.45. The van der Waals surface area contributed by atoms with Crippen molar-refractivity contribution in [2.75, 3.05) is 20.3 Å². The number of hydrogen-bond acceptors (Lipinski definition) is 4. The van der Waals surface area contributed by atoms with Crippen LogP contribution < -0.4 is 5.32 Å². The van der Waals surface area contributed by atoms with Gasteiger partial charge in [-0.2, -0.15) is 0 Å². The van der Waals surface area contributed by atoms with E-state index in [1.807, 2.05) is 0 Å². The average molecular weight is 191 g/mol. The number of aliphatic hydroxyl groups is 1. The Morgan fingerprint density at radius 1 is 1.54 bits per heavy atom. The number of alkyl carbamates (subject to hydrolysis) is 1. The molecule has 0 saturated heterocycles. The van der Waals surface area contributed by atoms with E-state index < -0.39 is 12.2 Å². The van der Waals surface area contributed by atoms with Crippen molar-refractivity contribution in [1.82, 2.24) is 5.32 Å². The Hall–Kier alpha value is -0.810. The van der Waals surface area contributed by atoms with Crippen LogP contribution in [0, 0.1) is 0 Å². The van der Waals surface area contributed by atoms with Crippen LogP contribution in [0.5, 0.6) is 0 Å². The zero-order valence-corrected chi connectivity index (χ0v) is 8.24. The lowest BCUT2D eigenvalue weighted by Crippen LogP contribution is -2.35. The van der Waals surface area contributed by atoms with E-state index in [0.29, 0.717) is 0 Å². The van der Waals surface area contributed by atoms with Crippen molar-refractivity contribution in [1.29, 1.82) is 0 Å². The number of amides is 1. The molecule has 1 amide bonds. The van der Waals surface area contributed by atoms with Crippen molar-refractivity contribution in [2.45, 2.75) is 26.1 Å². The summed E-state index contributed by atoms with van der Waals surface area (Å²) in [4.78, 5) is 10.9. The highest BCUT2D eigenvalue weighted by Gasteiger charge is 2.07. The van der Waals surface area contributed by atoms with Crippen molar-refractivity contribution < 1.29 is 19.4 Å². The van der Waals surface area contributed by atoms with Gasteiger partial charge in [-0.3, -0.25) is 0 Å². The summed E-state index contributed by atoms with van der Waals surface area (Å²) in [7, 11) is 1.48. The number of aliphatic hydroxyl groups excluding tert-OH is 1. The van der Waals surface area contributed by atoms with Gasteiger partial charge in [-0.15, -0.1) is 0 Å². The van der Waals surface area contributed by atoms with Gasteiger partial charge in [0, 0.05) is 13.7 Å². The fraction of sp³-hybridized carbons (Fsp3) is 0.875. The second-order valence-corrected chi connectivity index (χ2v) is 2.94. The average Bonchev–Trinajstić information content (AvgIpc) is 2.00. The molecule has 1 atom stereocenters. The SMILES string of the molecule is COCC(O)CNC(=O)OC(C)C. The first-order chi connectivity index (χ1) is 6.06. The van der Waals surface area contributed by atoms with E-state index in [4.69, 9.17) is 9.84 Å². The normalized spacial score (nSPS) is 12.7. The molecule has 0 aliphatic heterocycles. The molecule has 1 unspecified atom stereocenters. The van der Waals surface area contributed by atoms with Crippen LogP contribution in [0.4, 0.5) is 4.79 Å². The first kappa shape index (κ1) is 12.2. The molecule has 13 heavy (non-hydrogen) atoms. The molecule has 0 heterocycles. The third-order valence-corrected chi connectivity index (χ3v) is 1.18. The molecule has 5 heteroatoms. The number of methoxy groups -OCH3 is 1. The van der Waals surface area contributed by atoms with Crippen molar-refractivity contribution >= 4 is 6.09 Å². The Morgan fingerprint density at radius 2 is 2.15 bits per heavy atom. The maximum Gasteiger partial charge on any atom is 0.407 e. The van der Waals surface area contributed by atoms with Crippen LogP contribution in [0.25, 0.3) is 0 Å². The summed E-state index contributed by atoms with van der Waals surface area (Å²) >= 11 is 0. The van der Waals surface area contributed by atoms with Crippen molar-refractivity contribution in [2.24, 2.45) is 0 Å². The predicted octanol–water partition coefficient (Wildman–Crippen LogP) is 0.128. The number of rotatable bonds is 5. The van der Waals surface area contributed by atoms with Crippen LogP contribution >= 0.6 is 0 Å². The lowest BCUT2D eigenvalue weighted by atomic mass is 10.4. The largest absolute Gasteiger partial charge is 0.447 e. The number of ether oxygens (including phenoxy) is 2. The second-order valence-electron chi connectivity index (χ2n) is 2.94. The molecule has 0 aromatic carbocycles. The molecule has 78 valence electrons. The highest BCUT2D eigenvalue weighted by Crippen LogP contribution is 1.88. The molecule has 0 radical (unpaired) electrons. The standard InChI is InChI=1S/C8H17NO4/c1-6(2)13-8(11)9-4-7(10)5-12-3/h6-7,10H,4-5H2,1-3H3,(H,9,11). The molecule has 0 aliphatic rings. The summed E-state index contributed by atoms with van der Waals surface area (Å²) in [6, 6.07) is 0. The smallest absolute Gasteiger partial charge is 0.407 e. The topological polar surface area (TPSA) is 67.8 Å². The van der Waals surface area contributed by atoms with E-state index in [-0.39, 0.29) is 19.3 Å². The Morgan fingerprint density at radius 3 is 2.62 bits per heavy atom. The van der Waals surface area contributed by atoms with Crippen LogP contribution in [-0.2, 0) is 9.47 Å². The van der Waals surface area contributed by atoms with Gasteiger partial charge in [0.05, 0.1) is 18.8 Å². The highest BCUT2D eigenvalue weighted by atomic mass is 16.6. The number of hydrogen-bond donors (Lipinski definition) is 2. The number of nitrogens with one attached hydrogen (secondary N) is 1. The highest BCUT2D eigenvalue weighted by molar-refractivity contribution is 5.67. The molecule has 0 aromatic heterocycles. The van der Waals surface area contributed by atoms with Crippen LogP contribution in [-0.4, -0.2) is 43.7 Å². The van der Waals surface area contributed by atoms with Crippen LogP contribution in [0.2, 0.25) is 0 Å². The van der Waals surface area contributed by atoms with E-state index >= 15 is 0 Å². The van der Waals surface area contributed by atoms with Crippen LogP contribution in [0.3, 0.4) is 0 Å². The summed E-state index contributed by atoms with van der Waals surface area (Å²) in [5, 5.41) is 11.5. The molecule has 0 fully saturated rings. The zero-order chi connectivity index (χ0) is 10.3. The van der Waals surface area contributed by atoms with Gasteiger partial charge in [0.1, 0.15) is 0 Å². The van der Waals surface area contributed by atoms with E-state index in [1.54, 1.807) is 13.8 Å². The van der Waals surface area contributed by atoms with Gasteiger partial charge in [0.15, 0.2) is 0 Å². The third kappa shape index (κ3) is 7.55. The minimum atomic E-state index is -0.690. The maximum absolute atomic E-state index is 10.9. The molecule has 2 N–H and O–H groups in total. The first-order valence-corrected chi connectivity index (χ1v) is 4.17. The summed E-state index contributed by atoms with van der Waals surface area (Å²) in [6.07, 6.45) is -1.37. The predicted molar refractivity (Wildman–Crippen MR) is 47.5 cm³/mol. The molecular formula is C8H17NO4. The lowest BCUT2D eigenvalue weighted by molar-refractivity contribution is 0.0597. The minimum Gasteiger partial charge on any atom is -0.447 e. The van der Waals surface area contributed by atoms with E-state index in [0.717, 1.165) is 0 Å². The van der Waals surface area contributed by atoms with Gasteiger partial charge >= 0.3 is 6.09 Å². The van der Waals surface area contributed by atoms with Gasteiger partial charge in [0.2, 0.25) is 0 Å². The summed E-state index contributed by atoms with van der Waals surface area (Å²) in [5.74, 6) is 0. The molecule has 0 bridgehead atoms. The van der Waals surface area contributed by atoms with Gasteiger partial charge < -0.3 is 19.9 Å². The molecule has 0 spiro atoms. The Bertz CT molecular complexity index is 149. The third-order valence-electron chi connectivity index (χ3n) is 1.18. The Kier molecular flexibility index (Phi) is 6.26. The fourth-order valence-corrected chi connectivity index (χ4v) is 0.708.